The van der Waals surface area contributed by atoms with Crippen molar-refractivity contribution < 1.29 is 22.9 Å². The molecule has 1 rings (SSSR count). The fourth-order valence-electron chi connectivity index (χ4n) is 1.69. The molecule has 0 bridgehead atoms. The first-order valence-corrected chi connectivity index (χ1v) is 7.99. The molecular weight excluding hydrogens is 298 g/mol. The Labute approximate surface area is 123 Å². The molecule has 0 aromatic heterocycles. The number of aryl methyl sites for hydroxylation is 1. The molecule has 21 heavy (non-hydrogen) atoms. The molecule has 0 saturated heterocycles. The Morgan fingerprint density at radius 2 is 1.90 bits per heavy atom. The van der Waals surface area contributed by atoms with Crippen molar-refractivity contribution in [3.63, 3.8) is 0 Å². The number of carbonyl (C=O) groups is 1. The number of hydrogen-bond donors (Lipinski definition) is 0. The quantitative estimate of drug-likeness (QED) is 0.429. The third kappa shape index (κ3) is 5.14. The molecule has 0 amide bonds. The van der Waals surface area contributed by atoms with Crippen LogP contribution in [0.5, 0.6) is 0 Å². The number of ether oxygens (including phenoxy) is 1. The van der Waals surface area contributed by atoms with Gasteiger partial charge in [-0.15, -0.1) is 0 Å². The topological polar surface area (TPSA) is 104 Å². The lowest BCUT2D eigenvalue weighted by Gasteiger charge is -2.11. The maximum Gasteiger partial charge on any atom is 0.306 e. The number of nitro benzene ring substituents is 1. The van der Waals surface area contributed by atoms with Crippen LogP contribution >= 0.6 is 0 Å². The first kappa shape index (κ1) is 17.1. The Bertz CT molecular complexity index is 608. The predicted octanol–water partition coefficient (Wildman–Crippen LogP) is 1.50. The zero-order valence-electron chi connectivity index (χ0n) is 11.8. The zero-order chi connectivity index (χ0) is 16.0. The molecule has 0 fully saturated rings. The number of nitrogens with zero attached hydrogens (tertiary/aromatic N) is 1. The van der Waals surface area contributed by atoms with Crippen molar-refractivity contribution in [2.75, 3.05) is 12.9 Å². The van der Waals surface area contributed by atoms with Crippen molar-refractivity contribution in [1.82, 2.24) is 0 Å². The monoisotopic (exact) mass is 315 g/mol. The smallest absolute Gasteiger partial charge is 0.306 e. The molecule has 7 nitrogen and oxygen atoms in total. The number of nitro groups is 1. The summed E-state index contributed by atoms with van der Waals surface area (Å²) in [5.41, 5.74) is 0.648. The van der Waals surface area contributed by atoms with Crippen molar-refractivity contribution in [3.8, 4) is 0 Å². The van der Waals surface area contributed by atoms with E-state index in [-0.39, 0.29) is 24.3 Å². The summed E-state index contributed by atoms with van der Waals surface area (Å²) in [7, 11) is -2.22. The van der Waals surface area contributed by atoms with Crippen molar-refractivity contribution in [3.05, 3.63) is 39.9 Å². The summed E-state index contributed by atoms with van der Waals surface area (Å²) in [4.78, 5) is 21.1. The first-order valence-electron chi connectivity index (χ1n) is 6.28. The molecule has 0 aliphatic rings. The van der Waals surface area contributed by atoms with E-state index in [1.807, 2.05) is 0 Å². The van der Waals surface area contributed by atoms with Crippen LogP contribution in [0.25, 0.3) is 0 Å². The number of carbonyl (C=O) groups excluding carboxylic acids is 1. The van der Waals surface area contributed by atoms with Gasteiger partial charge in [0.25, 0.3) is 5.69 Å². The van der Waals surface area contributed by atoms with Gasteiger partial charge in [-0.05, 0) is 18.9 Å². The summed E-state index contributed by atoms with van der Waals surface area (Å²) in [6.07, 6.45) is 0.0605. The summed E-state index contributed by atoms with van der Waals surface area (Å²) in [5.74, 6) is -0.690. The summed E-state index contributed by atoms with van der Waals surface area (Å²) in [6.45, 7) is 1.46. The van der Waals surface area contributed by atoms with E-state index in [4.69, 9.17) is 0 Å². The Morgan fingerprint density at radius 3 is 2.38 bits per heavy atom. The molecule has 0 aliphatic heterocycles. The summed E-state index contributed by atoms with van der Waals surface area (Å²) < 4.78 is 28.5. The molecule has 0 spiro atoms. The van der Waals surface area contributed by atoms with E-state index in [9.17, 15) is 23.3 Å². The molecule has 1 aromatic carbocycles. The molecule has 1 aromatic rings. The van der Waals surface area contributed by atoms with E-state index in [2.05, 4.69) is 4.74 Å². The zero-order valence-corrected chi connectivity index (χ0v) is 12.6. The number of hydrogen-bond acceptors (Lipinski definition) is 6. The van der Waals surface area contributed by atoms with Crippen LogP contribution in [0.1, 0.15) is 18.9 Å². The van der Waals surface area contributed by atoms with Gasteiger partial charge >= 0.3 is 5.97 Å². The molecule has 1 unspecified atom stereocenters. The summed E-state index contributed by atoms with van der Waals surface area (Å²) in [6, 6.07) is 5.72. The van der Waals surface area contributed by atoms with E-state index in [0.29, 0.717) is 5.56 Å². The lowest BCUT2D eigenvalue weighted by molar-refractivity contribution is -0.384. The van der Waals surface area contributed by atoms with Crippen LogP contribution in [-0.2, 0) is 25.8 Å². The van der Waals surface area contributed by atoms with Gasteiger partial charge in [0.05, 0.1) is 29.5 Å². The van der Waals surface area contributed by atoms with Gasteiger partial charge in [-0.1, -0.05) is 12.1 Å². The highest BCUT2D eigenvalue weighted by Crippen LogP contribution is 2.14. The van der Waals surface area contributed by atoms with Gasteiger partial charge in [-0.2, -0.15) is 0 Å². The Morgan fingerprint density at radius 1 is 1.33 bits per heavy atom. The molecule has 1 atom stereocenters. The summed E-state index contributed by atoms with van der Waals surface area (Å²) >= 11 is 0. The van der Waals surface area contributed by atoms with Crippen LogP contribution in [0.3, 0.4) is 0 Å². The van der Waals surface area contributed by atoms with Crippen LogP contribution in [0, 0.1) is 10.1 Å². The van der Waals surface area contributed by atoms with Crippen LogP contribution in [-0.4, -0.2) is 37.4 Å². The lowest BCUT2D eigenvalue weighted by Crippen LogP contribution is -2.25. The summed E-state index contributed by atoms with van der Waals surface area (Å²) in [5, 5.41) is 9.70. The van der Waals surface area contributed by atoms with Gasteiger partial charge in [-0.25, -0.2) is 8.42 Å². The third-order valence-electron chi connectivity index (χ3n) is 3.12. The average molecular weight is 315 g/mol. The molecule has 8 heteroatoms. The highest BCUT2D eigenvalue weighted by atomic mass is 32.2. The van der Waals surface area contributed by atoms with E-state index in [1.54, 1.807) is 0 Å². The molecule has 0 heterocycles. The predicted molar refractivity (Wildman–Crippen MR) is 76.7 cm³/mol. The first-order chi connectivity index (χ1) is 9.76. The highest BCUT2D eigenvalue weighted by Gasteiger charge is 2.23. The number of non-ortho nitro benzene ring substituents is 1. The fraction of sp³-hybridized carbons (Fsp3) is 0.462. The van der Waals surface area contributed by atoms with Crippen molar-refractivity contribution >= 4 is 21.5 Å². The second-order valence-electron chi connectivity index (χ2n) is 4.63. The van der Waals surface area contributed by atoms with Gasteiger partial charge in [0.15, 0.2) is 9.84 Å². The standard InChI is InChI=1S/C13H17NO6S/c1-10(9-13(15)20-2)21(18,19)8-7-11-3-5-12(6-4-11)14(16)17/h3-6,10H,7-9H2,1-2H3. The minimum absolute atomic E-state index is 0.0410. The van der Waals surface area contributed by atoms with E-state index in [1.165, 1.54) is 38.3 Å². The number of esters is 1. The highest BCUT2D eigenvalue weighted by molar-refractivity contribution is 7.92. The largest absolute Gasteiger partial charge is 0.469 e. The normalized spacial score (nSPS) is 12.7. The minimum Gasteiger partial charge on any atom is -0.469 e. The van der Waals surface area contributed by atoms with Crippen molar-refractivity contribution in [1.29, 1.82) is 0 Å². The number of benzene rings is 1. The van der Waals surface area contributed by atoms with Gasteiger partial charge in [0, 0.05) is 12.1 Å². The Hall–Kier alpha value is -1.96. The molecule has 0 aliphatic carbocycles. The third-order valence-corrected chi connectivity index (χ3v) is 5.28. The van der Waals surface area contributed by atoms with Crippen molar-refractivity contribution in [2.24, 2.45) is 0 Å². The second kappa shape index (κ2) is 7.16. The molecule has 116 valence electrons. The molecular formula is C13H17NO6S. The van der Waals surface area contributed by atoms with E-state index in [0.717, 1.165) is 0 Å². The molecule has 0 N–H and O–H groups in total. The van der Waals surface area contributed by atoms with Crippen LogP contribution in [0.4, 0.5) is 5.69 Å². The number of rotatable bonds is 7. The van der Waals surface area contributed by atoms with Crippen LogP contribution < -0.4 is 0 Å². The molecule has 0 radical (unpaired) electrons. The van der Waals surface area contributed by atoms with E-state index >= 15 is 0 Å². The van der Waals surface area contributed by atoms with Crippen LogP contribution in [0.15, 0.2) is 24.3 Å². The van der Waals surface area contributed by atoms with Crippen LogP contribution in [0.2, 0.25) is 0 Å². The second-order valence-corrected chi connectivity index (χ2v) is 7.17. The minimum atomic E-state index is -3.42. The van der Waals surface area contributed by atoms with Gasteiger partial charge < -0.3 is 4.74 Å². The van der Waals surface area contributed by atoms with E-state index < -0.39 is 26.0 Å². The van der Waals surface area contributed by atoms with Gasteiger partial charge in [0.1, 0.15) is 0 Å². The fourth-order valence-corrected chi connectivity index (χ4v) is 3.00. The van der Waals surface area contributed by atoms with Gasteiger partial charge in [-0.3, -0.25) is 14.9 Å². The number of methoxy groups -OCH3 is 1. The van der Waals surface area contributed by atoms with Crippen molar-refractivity contribution in [2.45, 2.75) is 25.0 Å². The molecule has 0 saturated carbocycles. The van der Waals surface area contributed by atoms with Gasteiger partial charge in [0.2, 0.25) is 0 Å². The Kier molecular flexibility index (Phi) is 5.83. The maximum atomic E-state index is 12.0. The average Bonchev–Trinajstić information content (AvgIpc) is 2.45. The lowest BCUT2D eigenvalue weighted by atomic mass is 10.1. The number of sulfone groups is 1. The SMILES string of the molecule is COC(=O)CC(C)S(=O)(=O)CCc1ccc([N+](=O)[O-])cc1. The maximum absolute atomic E-state index is 12.0. The Balaban J connectivity index is 2.64.